The standard InChI is InChI=1S/C8H7F2NO3/c9-8(10)5-2-6(12)4(3-11-5)1-7(13)14/h2-3,8H,1H2,(H,11,12)(H,13,14). The minimum atomic E-state index is -2.76. The van der Waals surface area contributed by atoms with Gasteiger partial charge >= 0.3 is 5.97 Å². The summed E-state index contributed by atoms with van der Waals surface area (Å²) in [7, 11) is 0. The van der Waals surface area contributed by atoms with Crippen LogP contribution in [0.3, 0.4) is 0 Å². The SMILES string of the molecule is O=C(O)Cc1c[nH]c(C(F)F)cc1=O. The minimum Gasteiger partial charge on any atom is -0.481 e. The predicted octanol–water partition coefficient (Wildman–Crippen LogP) is 0.940. The lowest BCUT2D eigenvalue weighted by molar-refractivity contribution is -0.136. The molecule has 4 nitrogen and oxygen atoms in total. The Morgan fingerprint density at radius 1 is 1.57 bits per heavy atom. The Labute approximate surface area is 77.2 Å². The van der Waals surface area contributed by atoms with Gasteiger partial charge in [0.2, 0.25) is 0 Å². The van der Waals surface area contributed by atoms with Gasteiger partial charge in [-0.1, -0.05) is 0 Å². The number of hydrogen-bond acceptors (Lipinski definition) is 2. The van der Waals surface area contributed by atoms with Crippen molar-refractivity contribution in [2.24, 2.45) is 0 Å². The van der Waals surface area contributed by atoms with Gasteiger partial charge in [0.1, 0.15) is 0 Å². The summed E-state index contributed by atoms with van der Waals surface area (Å²) in [6.07, 6.45) is -2.24. The Morgan fingerprint density at radius 3 is 2.64 bits per heavy atom. The molecular formula is C8H7F2NO3. The van der Waals surface area contributed by atoms with Crippen LogP contribution in [0.4, 0.5) is 8.78 Å². The third kappa shape index (κ3) is 2.38. The lowest BCUT2D eigenvalue weighted by Crippen LogP contribution is -2.14. The number of alkyl halides is 2. The van der Waals surface area contributed by atoms with E-state index in [0.717, 1.165) is 6.20 Å². The molecule has 0 radical (unpaired) electrons. The molecule has 0 atom stereocenters. The maximum atomic E-state index is 12.1. The number of carboxylic acids is 1. The number of halogens is 2. The van der Waals surface area contributed by atoms with E-state index in [-0.39, 0.29) is 5.56 Å². The highest BCUT2D eigenvalue weighted by atomic mass is 19.3. The number of H-pyrrole nitrogens is 1. The molecule has 1 aromatic heterocycles. The third-order valence-electron chi connectivity index (χ3n) is 1.59. The third-order valence-corrected chi connectivity index (χ3v) is 1.59. The molecule has 0 aliphatic rings. The fraction of sp³-hybridized carbons (Fsp3) is 0.250. The maximum absolute atomic E-state index is 12.1. The molecule has 0 bridgehead atoms. The summed E-state index contributed by atoms with van der Waals surface area (Å²) < 4.78 is 24.1. The van der Waals surface area contributed by atoms with Crippen molar-refractivity contribution >= 4 is 5.97 Å². The van der Waals surface area contributed by atoms with Gasteiger partial charge in [0.25, 0.3) is 6.43 Å². The Balaban J connectivity index is 3.02. The first-order valence-electron chi connectivity index (χ1n) is 3.72. The maximum Gasteiger partial charge on any atom is 0.308 e. The lowest BCUT2D eigenvalue weighted by atomic mass is 10.2. The number of hydrogen-bond donors (Lipinski definition) is 2. The number of carboxylic acid groups (broad SMARTS) is 1. The smallest absolute Gasteiger partial charge is 0.308 e. The van der Waals surface area contributed by atoms with Gasteiger partial charge in [0.15, 0.2) is 5.43 Å². The topological polar surface area (TPSA) is 70.2 Å². The molecule has 1 rings (SSSR count). The Bertz CT molecular complexity index is 400. The monoisotopic (exact) mass is 203 g/mol. The van der Waals surface area contributed by atoms with Crippen LogP contribution < -0.4 is 5.43 Å². The molecule has 0 aliphatic heterocycles. The summed E-state index contributed by atoms with van der Waals surface area (Å²) in [5, 5.41) is 8.37. The van der Waals surface area contributed by atoms with Gasteiger partial charge in [-0.25, -0.2) is 8.78 Å². The van der Waals surface area contributed by atoms with Crippen LogP contribution in [0.5, 0.6) is 0 Å². The number of pyridine rings is 1. The second-order valence-electron chi connectivity index (χ2n) is 2.65. The molecule has 1 aromatic rings. The van der Waals surface area contributed by atoms with Crippen molar-refractivity contribution in [1.82, 2.24) is 4.98 Å². The van der Waals surface area contributed by atoms with Crippen molar-refractivity contribution in [2.45, 2.75) is 12.8 Å². The largest absolute Gasteiger partial charge is 0.481 e. The van der Waals surface area contributed by atoms with Crippen molar-refractivity contribution in [3.8, 4) is 0 Å². The average molecular weight is 203 g/mol. The van der Waals surface area contributed by atoms with E-state index in [2.05, 4.69) is 4.98 Å². The van der Waals surface area contributed by atoms with Crippen LogP contribution >= 0.6 is 0 Å². The number of aromatic amines is 1. The van der Waals surface area contributed by atoms with Crippen molar-refractivity contribution in [3.05, 3.63) is 33.7 Å². The van der Waals surface area contributed by atoms with Gasteiger partial charge in [-0.2, -0.15) is 0 Å². The van der Waals surface area contributed by atoms with Crippen molar-refractivity contribution in [1.29, 1.82) is 0 Å². The molecule has 0 saturated heterocycles. The average Bonchev–Trinajstić information content (AvgIpc) is 2.07. The van der Waals surface area contributed by atoms with E-state index < -0.39 is 29.9 Å². The zero-order valence-electron chi connectivity index (χ0n) is 6.96. The van der Waals surface area contributed by atoms with Gasteiger partial charge < -0.3 is 10.1 Å². The number of carbonyl (C=O) groups is 1. The Kier molecular flexibility index (Phi) is 2.95. The highest BCUT2D eigenvalue weighted by molar-refractivity contribution is 5.69. The Hall–Kier alpha value is -1.72. The number of aliphatic carboxylic acids is 1. The quantitative estimate of drug-likeness (QED) is 0.767. The number of nitrogens with one attached hydrogen (secondary N) is 1. The molecule has 6 heteroatoms. The molecule has 0 fully saturated rings. The van der Waals surface area contributed by atoms with Crippen LogP contribution in [0, 0.1) is 0 Å². The van der Waals surface area contributed by atoms with E-state index in [4.69, 9.17) is 5.11 Å². The van der Waals surface area contributed by atoms with E-state index in [1.165, 1.54) is 0 Å². The molecule has 1 heterocycles. The number of aromatic nitrogens is 1. The first kappa shape index (κ1) is 10.4. The highest BCUT2D eigenvalue weighted by Gasteiger charge is 2.11. The number of rotatable bonds is 3. The molecule has 0 unspecified atom stereocenters. The van der Waals surface area contributed by atoms with Crippen molar-refractivity contribution in [2.75, 3.05) is 0 Å². The van der Waals surface area contributed by atoms with E-state index >= 15 is 0 Å². The summed E-state index contributed by atoms with van der Waals surface area (Å²) >= 11 is 0. The van der Waals surface area contributed by atoms with Gasteiger partial charge in [-0.15, -0.1) is 0 Å². The molecule has 76 valence electrons. The summed E-state index contributed by atoms with van der Waals surface area (Å²) in [5.41, 5.74) is -1.24. The molecule has 0 saturated carbocycles. The Morgan fingerprint density at radius 2 is 2.21 bits per heavy atom. The zero-order valence-corrected chi connectivity index (χ0v) is 6.96. The molecule has 0 amide bonds. The lowest BCUT2D eigenvalue weighted by Gasteiger charge is -2.00. The van der Waals surface area contributed by atoms with E-state index in [1.54, 1.807) is 0 Å². The summed E-state index contributed by atoms with van der Waals surface area (Å²) in [6, 6.07) is 0.711. The molecule has 0 aliphatic carbocycles. The fourth-order valence-electron chi connectivity index (χ4n) is 0.944. The van der Waals surface area contributed by atoms with Crippen molar-refractivity contribution in [3.63, 3.8) is 0 Å². The van der Waals surface area contributed by atoms with E-state index in [0.29, 0.717) is 6.07 Å². The first-order valence-corrected chi connectivity index (χ1v) is 3.72. The van der Waals surface area contributed by atoms with Crippen LogP contribution in [0.15, 0.2) is 17.1 Å². The van der Waals surface area contributed by atoms with Crippen LogP contribution in [0.1, 0.15) is 17.7 Å². The molecular weight excluding hydrogens is 196 g/mol. The van der Waals surface area contributed by atoms with E-state index in [9.17, 15) is 18.4 Å². The van der Waals surface area contributed by atoms with Gasteiger partial charge in [-0.3, -0.25) is 9.59 Å². The van der Waals surface area contributed by atoms with Crippen molar-refractivity contribution < 1.29 is 18.7 Å². The predicted molar refractivity (Wildman–Crippen MR) is 43.4 cm³/mol. The van der Waals surface area contributed by atoms with Crippen LogP contribution in [-0.2, 0) is 11.2 Å². The molecule has 0 aromatic carbocycles. The van der Waals surface area contributed by atoms with Gasteiger partial charge in [-0.05, 0) is 0 Å². The summed E-state index contributed by atoms with van der Waals surface area (Å²) in [4.78, 5) is 23.5. The summed E-state index contributed by atoms with van der Waals surface area (Å²) in [6.45, 7) is 0. The minimum absolute atomic E-state index is 0.0399. The normalized spacial score (nSPS) is 10.5. The molecule has 0 spiro atoms. The molecule has 2 N–H and O–H groups in total. The van der Waals surface area contributed by atoms with Gasteiger partial charge in [0.05, 0.1) is 12.1 Å². The zero-order chi connectivity index (χ0) is 10.7. The van der Waals surface area contributed by atoms with Gasteiger partial charge in [0, 0.05) is 17.8 Å². The first-order chi connectivity index (χ1) is 6.50. The summed E-state index contributed by atoms with van der Waals surface area (Å²) in [5.74, 6) is -1.18. The molecule has 14 heavy (non-hydrogen) atoms. The second-order valence-corrected chi connectivity index (χ2v) is 2.65. The van der Waals surface area contributed by atoms with Crippen LogP contribution in [-0.4, -0.2) is 16.1 Å². The second kappa shape index (κ2) is 3.99. The fourth-order valence-corrected chi connectivity index (χ4v) is 0.944. The van der Waals surface area contributed by atoms with E-state index in [1.807, 2.05) is 0 Å². The van der Waals surface area contributed by atoms with Crippen LogP contribution in [0.2, 0.25) is 0 Å². The highest BCUT2D eigenvalue weighted by Crippen LogP contribution is 2.13. The van der Waals surface area contributed by atoms with Crippen LogP contribution in [0.25, 0.3) is 0 Å².